The van der Waals surface area contributed by atoms with Gasteiger partial charge in [0.1, 0.15) is 5.75 Å². The zero-order valence-corrected chi connectivity index (χ0v) is 26.5. The average Bonchev–Trinajstić information content (AvgIpc) is 3.53. The van der Waals surface area contributed by atoms with E-state index in [-0.39, 0.29) is 11.7 Å². The Bertz CT molecular complexity index is 1870. The number of fused-ring (bicyclic) bond motifs is 1. The second-order valence-electron chi connectivity index (χ2n) is 11.0. The predicted molar refractivity (Wildman–Crippen MR) is 178 cm³/mol. The number of ketones is 1. The van der Waals surface area contributed by atoms with Crippen LogP contribution < -0.4 is 9.47 Å². The Morgan fingerprint density at radius 3 is 2.07 bits per heavy atom. The molecule has 0 amide bonds. The highest BCUT2D eigenvalue weighted by atomic mass is 32.2. The molecule has 5 aromatic rings. The number of nitrogens with zero attached hydrogens (tertiary/aromatic N) is 1. The molecule has 0 fully saturated rings. The van der Waals surface area contributed by atoms with E-state index in [1.54, 1.807) is 36.0 Å². The van der Waals surface area contributed by atoms with Gasteiger partial charge in [0.2, 0.25) is 6.79 Å². The van der Waals surface area contributed by atoms with Crippen molar-refractivity contribution in [2.45, 2.75) is 29.8 Å². The molecule has 0 saturated carbocycles. The van der Waals surface area contributed by atoms with Crippen LogP contribution in [-0.4, -0.2) is 37.5 Å². The molecule has 0 radical (unpaired) electrons. The summed E-state index contributed by atoms with van der Waals surface area (Å²) in [5.41, 5.74) is 5.63. The molecule has 45 heavy (non-hydrogen) atoms. The number of sulfone groups is 1. The molecule has 0 bridgehead atoms. The lowest BCUT2D eigenvalue weighted by atomic mass is 10.0. The maximum atomic E-state index is 13.2. The number of ether oxygens (including phenoxy) is 2. The highest BCUT2D eigenvalue weighted by Crippen LogP contribution is 2.33. The molecule has 5 aromatic carbocycles. The van der Waals surface area contributed by atoms with Gasteiger partial charge in [0.05, 0.1) is 4.90 Å². The van der Waals surface area contributed by atoms with Crippen LogP contribution >= 0.6 is 11.8 Å². The quantitative estimate of drug-likeness (QED) is 0.0787. The summed E-state index contributed by atoms with van der Waals surface area (Å²) in [6.45, 7) is 3.55. The van der Waals surface area contributed by atoms with E-state index >= 15 is 0 Å². The van der Waals surface area contributed by atoms with Crippen molar-refractivity contribution in [3.63, 3.8) is 0 Å². The smallest absolute Gasteiger partial charge is 0.231 e. The number of benzene rings is 5. The zero-order valence-electron chi connectivity index (χ0n) is 24.9. The minimum atomic E-state index is -3.81. The van der Waals surface area contributed by atoms with Crippen molar-refractivity contribution < 1.29 is 22.7 Å². The lowest BCUT2D eigenvalue weighted by Crippen LogP contribution is -2.22. The van der Waals surface area contributed by atoms with Crippen LogP contribution in [-0.2, 0) is 22.9 Å². The molecule has 0 spiro atoms. The first-order valence-electron chi connectivity index (χ1n) is 14.6. The van der Waals surface area contributed by atoms with Crippen molar-refractivity contribution in [1.29, 1.82) is 0 Å². The Balaban J connectivity index is 1.12. The molecule has 0 unspecified atom stereocenters. The Labute approximate surface area is 268 Å². The fraction of sp³-hybridized carbons (Fsp3) is 0.162. The lowest BCUT2D eigenvalue weighted by molar-refractivity contribution is 0.102. The summed E-state index contributed by atoms with van der Waals surface area (Å²) in [7, 11) is -3.81. The molecule has 8 heteroatoms. The largest absolute Gasteiger partial charge is 0.454 e. The second-order valence-corrected chi connectivity index (χ2v) is 14.0. The van der Waals surface area contributed by atoms with Crippen LogP contribution in [0.2, 0.25) is 0 Å². The Morgan fingerprint density at radius 2 is 1.36 bits per heavy atom. The van der Waals surface area contributed by atoms with E-state index in [0.717, 1.165) is 39.6 Å². The summed E-state index contributed by atoms with van der Waals surface area (Å²) in [5.74, 6) is 1.21. The number of aryl methyl sites for hydroxylation is 1. The van der Waals surface area contributed by atoms with Crippen LogP contribution in [0.3, 0.4) is 0 Å². The molecule has 1 heterocycles. The molecule has 1 aliphatic rings. The number of hydrogen-bond acceptors (Lipinski definition) is 7. The molecular formula is C37H33NO5S2. The first-order valence-corrected chi connectivity index (χ1v) is 17.3. The molecule has 0 aliphatic carbocycles. The number of thioether (sulfide) groups is 1. The topological polar surface area (TPSA) is 72.9 Å². The van der Waals surface area contributed by atoms with Crippen LogP contribution in [0.5, 0.6) is 11.5 Å². The fourth-order valence-electron chi connectivity index (χ4n) is 5.12. The first kappa shape index (κ1) is 30.6. The zero-order chi connectivity index (χ0) is 31.2. The summed E-state index contributed by atoms with van der Waals surface area (Å²) < 4.78 is 37.4. The van der Waals surface area contributed by atoms with Crippen molar-refractivity contribution in [1.82, 2.24) is 4.90 Å². The van der Waals surface area contributed by atoms with E-state index in [1.807, 2.05) is 91.9 Å². The molecule has 0 atom stereocenters. The van der Waals surface area contributed by atoms with Gasteiger partial charge < -0.3 is 9.47 Å². The van der Waals surface area contributed by atoms with Crippen LogP contribution in [0.25, 0.3) is 11.1 Å². The van der Waals surface area contributed by atoms with E-state index in [1.165, 1.54) is 10.5 Å². The van der Waals surface area contributed by atoms with Gasteiger partial charge in [0.15, 0.2) is 27.1 Å². The monoisotopic (exact) mass is 635 g/mol. The standard InChI is InChI=1S/C37H33NO5S2/c1-27-7-12-30(13-8-27)31-14-16-32(17-15-31)35(39)24-45(40,41)34-18-9-28(10-19-34)22-38(25-44-33-5-3-2-4-6-33)23-29-11-20-36-37(21-29)43-26-42-36/h2-21H,22-26H2,1H3. The molecule has 0 aromatic heterocycles. The Kier molecular flexibility index (Phi) is 9.35. The minimum Gasteiger partial charge on any atom is -0.454 e. The number of carbonyl (C=O) groups excluding carboxylic acids is 1. The molecular weight excluding hydrogens is 603 g/mol. The molecule has 6 rings (SSSR count). The van der Waals surface area contributed by atoms with Gasteiger partial charge in [-0.2, -0.15) is 0 Å². The molecule has 0 N–H and O–H groups in total. The van der Waals surface area contributed by atoms with Gasteiger partial charge in [-0.15, -0.1) is 11.8 Å². The van der Waals surface area contributed by atoms with Gasteiger partial charge in [-0.3, -0.25) is 9.69 Å². The third-order valence-corrected chi connectivity index (χ3v) is 10.3. The third-order valence-electron chi connectivity index (χ3n) is 7.60. The summed E-state index contributed by atoms with van der Waals surface area (Å²) in [4.78, 5) is 16.6. The number of Topliss-reactive ketones (excluding diaryl/α,β-unsaturated/α-hetero) is 1. The van der Waals surface area contributed by atoms with Crippen LogP contribution in [0.15, 0.2) is 131 Å². The number of rotatable bonds is 12. The van der Waals surface area contributed by atoms with E-state index in [2.05, 4.69) is 17.0 Å². The van der Waals surface area contributed by atoms with Crippen molar-refractivity contribution >= 4 is 27.4 Å². The van der Waals surface area contributed by atoms with E-state index in [9.17, 15) is 13.2 Å². The molecule has 0 saturated heterocycles. The Hall–Kier alpha value is -4.37. The van der Waals surface area contributed by atoms with Gasteiger partial charge in [0, 0.05) is 29.4 Å². The van der Waals surface area contributed by atoms with Gasteiger partial charge in [-0.25, -0.2) is 8.42 Å². The highest BCUT2D eigenvalue weighted by molar-refractivity contribution is 7.99. The number of hydrogen-bond donors (Lipinski definition) is 0. The normalized spacial score (nSPS) is 12.4. The molecule has 6 nitrogen and oxygen atoms in total. The van der Waals surface area contributed by atoms with Gasteiger partial charge >= 0.3 is 0 Å². The van der Waals surface area contributed by atoms with Gasteiger partial charge in [-0.05, 0) is 65.6 Å². The van der Waals surface area contributed by atoms with E-state index in [0.29, 0.717) is 18.7 Å². The van der Waals surface area contributed by atoms with Crippen LogP contribution in [0.1, 0.15) is 27.0 Å². The van der Waals surface area contributed by atoms with E-state index in [4.69, 9.17) is 9.47 Å². The summed E-state index contributed by atoms with van der Waals surface area (Å²) in [6, 6.07) is 38.3. The van der Waals surface area contributed by atoms with Crippen molar-refractivity contribution in [3.05, 3.63) is 144 Å². The summed E-state index contributed by atoms with van der Waals surface area (Å²) in [6.07, 6.45) is 0. The van der Waals surface area contributed by atoms with Crippen LogP contribution in [0.4, 0.5) is 0 Å². The maximum absolute atomic E-state index is 13.2. The third kappa shape index (κ3) is 7.84. The Morgan fingerprint density at radius 1 is 0.733 bits per heavy atom. The fourth-order valence-corrected chi connectivity index (χ4v) is 7.21. The second kappa shape index (κ2) is 13.7. The van der Waals surface area contributed by atoms with Gasteiger partial charge in [-0.1, -0.05) is 90.5 Å². The van der Waals surface area contributed by atoms with Crippen LogP contribution in [0, 0.1) is 6.92 Å². The maximum Gasteiger partial charge on any atom is 0.231 e. The summed E-state index contributed by atoms with van der Waals surface area (Å²) >= 11 is 1.74. The summed E-state index contributed by atoms with van der Waals surface area (Å²) in [5, 5.41) is 0. The number of carbonyl (C=O) groups is 1. The van der Waals surface area contributed by atoms with E-state index < -0.39 is 21.4 Å². The minimum absolute atomic E-state index is 0.136. The predicted octanol–water partition coefficient (Wildman–Crippen LogP) is 7.80. The van der Waals surface area contributed by atoms with Crippen molar-refractivity contribution in [2.24, 2.45) is 0 Å². The molecule has 228 valence electrons. The van der Waals surface area contributed by atoms with Crippen molar-refractivity contribution in [2.75, 3.05) is 18.4 Å². The van der Waals surface area contributed by atoms with Crippen molar-refractivity contribution in [3.8, 4) is 22.6 Å². The average molecular weight is 636 g/mol. The van der Waals surface area contributed by atoms with Gasteiger partial charge in [0.25, 0.3) is 0 Å². The molecule has 1 aliphatic heterocycles. The lowest BCUT2D eigenvalue weighted by Gasteiger charge is -2.22. The first-order chi connectivity index (χ1) is 21.8. The highest BCUT2D eigenvalue weighted by Gasteiger charge is 2.21. The SMILES string of the molecule is Cc1ccc(-c2ccc(C(=O)CS(=O)(=O)c3ccc(CN(CSc4ccccc4)Cc4ccc5c(c4)OCO5)cc3)cc2)cc1.